The Morgan fingerprint density at radius 2 is 2.00 bits per heavy atom. The fourth-order valence-electron chi connectivity index (χ4n) is 1.44. The summed E-state index contributed by atoms with van der Waals surface area (Å²) >= 11 is 5.18. The predicted molar refractivity (Wildman–Crippen MR) is 79.5 cm³/mol. The Labute approximate surface area is 117 Å². The number of rotatable bonds is 4. The van der Waals surface area contributed by atoms with Gasteiger partial charge in [-0.2, -0.15) is 0 Å². The number of nitrogens with zero attached hydrogens (tertiary/aromatic N) is 2. The van der Waals surface area contributed by atoms with Crippen molar-refractivity contribution in [3.05, 3.63) is 42.9 Å². The van der Waals surface area contributed by atoms with E-state index in [2.05, 4.69) is 20.6 Å². The second-order valence-electron chi connectivity index (χ2n) is 3.63. The smallest absolute Gasteiger partial charge is 0.176 e. The molecule has 0 radical (unpaired) electrons. The second kappa shape index (κ2) is 6.65. The topological polar surface area (TPSA) is 59.1 Å². The maximum atomic E-state index is 5.37. The van der Waals surface area contributed by atoms with Gasteiger partial charge in [0, 0.05) is 18.1 Å². The number of thiocarbonyl (C=S) groups is 1. The third-order valence-electron chi connectivity index (χ3n) is 2.23. The summed E-state index contributed by atoms with van der Waals surface area (Å²) in [6.07, 6.45) is 4.81. The van der Waals surface area contributed by atoms with Crippen molar-refractivity contribution >= 4 is 28.8 Å². The zero-order chi connectivity index (χ0) is 13.5. The number of anilines is 2. The molecule has 98 valence electrons. The lowest BCUT2D eigenvalue weighted by molar-refractivity contribution is 0.340. The van der Waals surface area contributed by atoms with Crippen LogP contribution >= 0.6 is 12.2 Å². The molecular weight excluding hydrogens is 260 g/mol. The first kappa shape index (κ1) is 13.2. The third kappa shape index (κ3) is 4.18. The molecule has 0 fully saturated rings. The van der Waals surface area contributed by atoms with Crippen LogP contribution in [0, 0.1) is 0 Å². The SMILES string of the molecule is CCOc1ccc(NC(=S)Nc2cnccn2)cc1. The van der Waals surface area contributed by atoms with E-state index in [1.54, 1.807) is 18.6 Å². The van der Waals surface area contributed by atoms with Gasteiger partial charge in [-0.3, -0.25) is 4.98 Å². The standard InChI is InChI=1S/C13H14N4OS/c1-2-18-11-5-3-10(4-6-11)16-13(19)17-12-9-14-7-8-15-12/h3-9H,2H2,1H3,(H2,15,16,17,19). The second-order valence-corrected chi connectivity index (χ2v) is 4.04. The monoisotopic (exact) mass is 274 g/mol. The first-order valence-corrected chi connectivity index (χ1v) is 6.25. The molecule has 0 bridgehead atoms. The lowest BCUT2D eigenvalue weighted by atomic mass is 10.3. The van der Waals surface area contributed by atoms with Crippen molar-refractivity contribution in [2.24, 2.45) is 0 Å². The van der Waals surface area contributed by atoms with Gasteiger partial charge in [0.1, 0.15) is 5.75 Å². The van der Waals surface area contributed by atoms with Crippen molar-refractivity contribution in [3.8, 4) is 5.75 Å². The van der Waals surface area contributed by atoms with Gasteiger partial charge < -0.3 is 15.4 Å². The molecule has 2 rings (SSSR count). The first-order valence-electron chi connectivity index (χ1n) is 5.85. The van der Waals surface area contributed by atoms with Crippen LogP contribution < -0.4 is 15.4 Å². The molecule has 1 aromatic heterocycles. The van der Waals surface area contributed by atoms with E-state index in [-0.39, 0.29) is 0 Å². The van der Waals surface area contributed by atoms with Crippen LogP contribution in [-0.4, -0.2) is 21.7 Å². The van der Waals surface area contributed by atoms with E-state index in [1.807, 2.05) is 31.2 Å². The van der Waals surface area contributed by atoms with Crippen LogP contribution in [-0.2, 0) is 0 Å². The Morgan fingerprint density at radius 3 is 2.63 bits per heavy atom. The van der Waals surface area contributed by atoms with Crippen LogP contribution in [0.4, 0.5) is 11.5 Å². The van der Waals surface area contributed by atoms with E-state index in [9.17, 15) is 0 Å². The normalized spacial score (nSPS) is 9.74. The van der Waals surface area contributed by atoms with Crippen molar-refractivity contribution in [1.82, 2.24) is 9.97 Å². The third-order valence-corrected chi connectivity index (χ3v) is 2.43. The number of nitrogens with one attached hydrogen (secondary N) is 2. The molecule has 1 aromatic carbocycles. The molecule has 5 nitrogen and oxygen atoms in total. The van der Waals surface area contributed by atoms with E-state index in [0.717, 1.165) is 11.4 Å². The molecule has 19 heavy (non-hydrogen) atoms. The number of benzene rings is 1. The number of hydrogen-bond acceptors (Lipinski definition) is 4. The number of ether oxygens (including phenoxy) is 1. The van der Waals surface area contributed by atoms with E-state index in [0.29, 0.717) is 17.5 Å². The van der Waals surface area contributed by atoms with E-state index in [4.69, 9.17) is 17.0 Å². The molecule has 0 saturated heterocycles. The summed E-state index contributed by atoms with van der Waals surface area (Å²) in [6, 6.07) is 7.57. The quantitative estimate of drug-likeness (QED) is 0.836. The Kier molecular flexibility index (Phi) is 4.63. The molecule has 2 aromatic rings. The molecule has 0 unspecified atom stereocenters. The summed E-state index contributed by atoms with van der Waals surface area (Å²) < 4.78 is 5.37. The zero-order valence-electron chi connectivity index (χ0n) is 10.5. The van der Waals surface area contributed by atoms with Crippen LogP contribution in [0.5, 0.6) is 5.75 Å². The van der Waals surface area contributed by atoms with Gasteiger partial charge in [0.05, 0.1) is 12.8 Å². The maximum Gasteiger partial charge on any atom is 0.176 e. The van der Waals surface area contributed by atoms with Crippen LogP contribution in [0.2, 0.25) is 0 Å². The molecule has 2 N–H and O–H groups in total. The average molecular weight is 274 g/mol. The Morgan fingerprint density at radius 1 is 1.21 bits per heavy atom. The summed E-state index contributed by atoms with van der Waals surface area (Å²) in [5.41, 5.74) is 0.879. The summed E-state index contributed by atoms with van der Waals surface area (Å²) in [4.78, 5) is 8.03. The highest BCUT2D eigenvalue weighted by Crippen LogP contribution is 2.15. The van der Waals surface area contributed by atoms with Gasteiger partial charge in [0.25, 0.3) is 0 Å². The van der Waals surface area contributed by atoms with Gasteiger partial charge in [-0.1, -0.05) is 0 Å². The van der Waals surface area contributed by atoms with Crippen molar-refractivity contribution in [2.45, 2.75) is 6.92 Å². The average Bonchev–Trinajstić information content (AvgIpc) is 2.42. The van der Waals surface area contributed by atoms with E-state index in [1.165, 1.54) is 0 Å². The molecule has 0 amide bonds. The van der Waals surface area contributed by atoms with Gasteiger partial charge in [-0.15, -0.1) is 0 Å². The maximum absolute atomic E-state index is 5.37. The van der Waals surface area contributed by atoms with Gasteiger partial charge in [0.15, 0.2) is 10.9 Å². The Bertz CT molecular complexity index is 530. The minimum absolute atomic E-state index is 0.463. The van der Waals surface area contributed by atoms with E-state index < -0.39 is 0 Å². The molecular formula is C13H14N4OS. The first-order chi connectivity index (χ1) is 9.28. The molecule has 0 aliphatic carbocycles. The summed E-state index contributed by atoms with van der Waals surface area (Å²) in [6.45, 7) is 2.60. The largest absolute Gasteiger partial charge is 0.494 e. The Hall–Kier alpha value is -2.21. The highest BCUT2D eigenvalue weighted by atomic mass is 32.1. The molecule has 0 aliphatic rings. The molecule has 0 saturated carbocycles. The van der Waals surface area contributed by atoms with Crippen LogP contribution in [0.25, 0.3) is 0 Å². The van der Waals surface area contributed by atoms with Crippen LogP contribution in [0.15, 0.2) is 42.9 Å². The summed E-state index contributed by atoms with van der Waals surface area (Å²) in [5, 5.41) is 6.46. The van der Waals surface area contributed by atoms with Crippen molar-refractivity contribution in [3.63, 3.8) is 0 Å². The van der Waals surface area contributed by atoms with Gasteiger partial charge in [-0.05, 0) is 43.4 Å². The number of aromatic nitrogens is 2. The Balaban J connectivity index is 1.91. The lowest BCUT2D eigenvalue weighted by Gasteiger charge is -2.10. The number of hydrogen-bond donors (Lipinski definition) is 2. The molecule has 0 spiro atoms. The van der Waals surface area contributed by atoms with Crippen LogP contribution in [0.1, 0.15) is 6.92 Å². The highest BCUT2D eigenvalue weighted by Gasteiger charge is 2.00. The van der Waals surface area contributed by atoms with Crippen LogP contribution in [0.3, 0.4) is 0 Å². The lowest BCUT2D eigenvalue weighted by Crippen LogP contribution is -2.19. The van der Waals surface area contributed by atoms with Gasteiger partial charge in [0.2, 0.25) is 0 Å². The minimum Gasteiger partial charge on any atom is -0.494 e. The molecule has 0 aliphatic heterocycles. The summed E-state index contributed by atoms with van der Waals surface area (Å²) in [5.74, 6) is 1.44. The zero-order valence-corrected chi connectivity index (χ0v) is 11.3. The minimum atomic E-state index is 0.463. The van der Waals surface area contributed by atoms with Crippen molar-refractivity contribution < 1.29 is 4.74 Å². The highest BCUT2D eigenvalue weighted by molar-refractivity contribution is 7.80. The van der Waals surface area contributed by atoms with Crippen molar-refractivity contribution in [1.29, 1.82) is 0 Å². The fraction of sp³-hybridized carbons (Fsp3) is 0.154. The molecule has 6 heteroatoms. The summed E-state index contributed by atoms with van der Waals surface area (Å²) in [7, 11) is 0. The molecule has 0 atom stereocenters. The fourth-order valence-corrected chi connectivity index (χ4v) is 1.67. The van der Waals surface area contributed by atoms with Gasteiger partial charge in [-0.25, -0.2) is 4.98 Å². The predicted octanol–water partition coefficient (Wildman–Crippen LogP) is 2.68. The van der Waals surface area contributed by atoms with E-state index >= 15 is 0 Å². The van der Waals surface area contributed by atoms with Crippen molar-refractivity contribution in [2.75, 3.05) is 17.2 Å². The van der Waals surface area contributed by atoms with Gasteiger partial charge >= 0.3 is 0 Å². The molecule has 1 heterocycles.